The minimum atomic E-state index is -0.843. The summed E-state index contributed by atoms with van der Waals surface area (Å²) >= 11 is 0. The summed E-state index contributed by atoms with van der Waals surface area (Å²) in [5.74, 6) is -2.75. The van der Waals surface area contributed by atoms with E-state index in [1.54, 1.807) is 13.8 Å². The molecule has 168 valence electrons. The maximum atomic E-state index is 11.2. The Morgan fingerprint density at radius 1 is 0.933 bits per heavy atom. The zero-order chi connectivity index (χ0) is 22.5. The van der Waals surface area contributed by atoms with Crippen molar-refractivity contribution in [3.8, 4) is 17.2 Å². The van der Waals surface area contributed by atoms with Gasteiger partial charge in [-0.2, -0.15) is 0 Å². The molecule has 0 aromatic heterocycles. The summed E-state index contributed by atoms with van der Waals surface area (Å²) in [7, 11) is 0. The molecule has 7 nitrogen and oxygen atoms in total. The third kappa shape index (κ3) is 5.80. The summed E-state index contributed by atoms with van der Waals surface area (Å²) < 4.78 is 0. The smallest absolute Gasteiger partial charge is 0.309 e. The third-order valence-electron chi connectivity index (χ3n) is 6.42. The van der Waals surface area contributed by atoms with Gasteiger partial charge in [-0.1, -0.05) is 19.3 Å². The first kappa shape index (κ1) is 23.8. The molecule has 7 heteroatoms. The highest BCUT2D eigenvalue weighted by atomic mass is 16.4. The maximum absolute atomic E-state index is 11.2. The highest BCUT2D eigenvalue weighted by Gasteiger charge is 2.49. The zero-order valence-corrected chi connectivity index (χ0v) is 17.9. The lowest BCUT2D eigenvalue weighted by atomic mass is 9.86. The second-order valence-electron chi connectivity index (χ2n) is 9.27. The molecule has 0 spiro atoms. The van der Waals surface area contributed by atoms with Gasteiger partial charge in [-0.15, -0.1) is 0 Å². The minimum absolute atomic E-state index is 0.315. The Bertz CT molecular complexity index is 778. The fraction of sp³-hybridized carbons (Fsp3) is 0.652. The van der Waals surface area contributed by atoms with Crippen molar-refractivity contribution >= 4 is 11.9 Å². The number of phenolic OH excluding ortho intramolecular Hbond substituents is 3. The molecule has 0 saturated heterocycles. The number of aryl methyl sites for hydroxylation is 1. The van der Waals surface area contributed by atoms with Gasteiger partial charge in [0.25, 0.3) is 0 Å². The number of carboxylic acid groups (broad SMARTS) is 2. The van der Waals surface area contributed by atoms with Crippen LogP contribution in [0.5, 0.6) is 17.2 Å². The normalized spacial score (nSPS) is 15.1. The topological polar surface area (TPSA) is 135 Å². The van der Waals surface area contributed by atoms with Gasteiger partial charge in [0.1, 0.15) is 0 Å². The van der Waals surface area contributed by atoms with Crippen molar-refractivity contribution in [1.29, 1.82) is 0 Å². The van der Waals surface area contributed by atoms with Crippen molar-refractivity contribution in [2.24, 2.45) is 10.8 Å². The molecule has 0 amide bonds. The Labute approximate surface area is 177 Å². The molecule has 1 aliphatic carbocycles. The van der Waals surface area contributed by atoms with Crippen LogP contribution in [0.15, 0.2) is 6.07 Å². The van der Waals surface area contributed by atoms with Crippen molar-refractivity contribution in [2.45, 2.75) is 84.5 Å². The average molecular weight is 423 g/mol. The first-order valence-corrected chi connectivity index (χ1v) is 10.7. The van der Waals surface area contributed by atoms with Crippen LogP contribution in [0.1, 0.15) is 82.8 Å². The van der Waals surface area contributed by atoms with Gasteiger partial charge in [-0.3, -0.25) is 9.59 Å². The zero-order valence-electron chi connectivity index (χ0n) is 17.9. The van der Waals surface area contributed by atoms with Crippen LogP contribution in [0.3, 0.4) is 0 Å². The molecule has 1 fully saturated rings. The van der Waals surface area contributed by atoms with Crippen molar-refractivity contribution in [1.82, 2.24) is 0 Å². The van der Waals surface area contributed by atoms with Gasteiger partial charge in [0, 0.05) is 5.56 Å². The summed E-state index contributed by atoms with van der Waals surface area (Å²) in [5, 5.41) is 48.5. The van der Waals surface area contributed by atoms with Crippen LogP contribution in [0.2, 0.25) is 0 Å². The van der Waals surface area contributed by atoms with Gasteiger partial charge in [0.15, 0.2) is 11.5 Å². The number of aliphatic carboxylic acids is 2. The van der Waals surface area contributed by atoms with E-state index in [0.717, 1.165) is 37.7 Å². The maximum Gasteiger partial charge on any atom is 0.309 e. The van der Waals surface area contributed by atoms with Gasteiger partial charge < -0.3 is 25.5 Å². The van der Waals surface area contributed by atoms with E-state index in [-0.39, 0.29) is 11.5 Å². The molecule has 1 aliphatic rings. The monoisotopic (exact) mass is 422 g/mol. The van der Waals surface area contributed by atoms with Gasteiger partial charge in [0.05, 0.1) is 10.8 Å². The van der Waals surface area contributed by atoms with E-state index in [0.29, 0.717) is 44.1 Å². The fourth-order valence-electron chi connectivity index (χ4n) is 3.89. The molecule has 0 bridgehead atoms. The van der Waals surface area contributed by atoms with Gasteiger partial charge in [-0.25, -0.2) is 0 Å². The van der Waals surface area contributed by atoms with Crippen LogP contribution >= 0.6 is 0 Å². The third-order valence-corrected chi connectivity index (χ3v) is 6.42. The molecule has 0 atom stereocenters. The predicted molar refractivity (Wildman–Crippen MR) is 112 cm³/mol. The SMILES string of the molecule is CC(C)(CCCCc1c(CCCCCC2(C(=O)O)CC2)cc(O)c(O)c1O)C(=O)O. The number of carboxylic acids is 2. The van der Waals surface area contributed by atoms with E-state index < -0.39 is 28.5 Å². The number of hydrogen-bond donors (Lipinski definition) is 5. The second-order valence-corrected chi connectivity index (χ2v) is 9.27. The number of carbonyl (C=O) groups is 2. The molecule has 0 radical (unpaired) electrons. The summed E-state index contributed by atoms with van der Waals surface area (Å²) in [4.78, 5) is 22.4. The van der Waals surface area contributed by atoms with E-state index in [2.05, 4.69) is 0 Å². The van der Waals surface area contributed by atoms with Crippen molar-refractivity contribution in [3.05, 3.63) is 17.2 Å². The first-order valence-electron chi connectivity index (χ1n) is 10.7. The molecule has 30 heavy (non-hydrogen) atoms. The number of aromatic hydroxyl groups is 3. The van der Waals surface area contributed by atoms with Crippen molar-refractivity contribution < 1.29 is 35.1 Å². The highest BCUT2D eigenvalue weighted by Crippen LogP contribution is 2.50. The molecule has 1 aromatic carbocycles. The van der Waals surface area contributed by atoms with Crippen LogP contribution in [0, 0.1) is 10.8 Å². The predicted octanol–water partition coefficient (Wildman–Crippen LogP) is 4.59. The van der Waals surface area contributed by atoms with E-state index in [9.17, 15) is 35.1 Å². The summed E-state index contributed by atoms with van der Waals surface area (Å²) in [5.41, 5.74) is 0.0307. The number of unbranched alkanes of at least 4 members (excludes halogenated alkanes) is 3. The quantitative estimate of drug-likeness (QED) is 0.232. The van der Waals surface area contributed by atoms with Crippen LogP contribution in [0.4, 0.5) is 0 Å². The summed E-state index contributed by atoms with van der Waals surface area (Å²) in [6.45, 7) is 3.36. The summed E-state index contributed by atoms with van der Waals surface area (Å²) in [6.07, 6.45) is 7.57. The second kappa shape index (κ2) is 9.58. The Morgan fingerprint density at radius 2 is 1.57 bits per heavy atom. The fourth-order valence-corrected chi connectivity index (χ4v) is 3.89. The minimum Gasteiger partial charge on any atom is -0.504 e. The lowest BCUT2D eigenvalue weighted by Crippen LogP contribution is -2.23. The molecule has 5 N–H and O–H groups in total. The van der Waals surface area contributed by atoms with E-state index in [1.165, 1.54) is 6.07 Å². The summed E-state index contributed by atoms with van der Waals surface area (Å²) in [6, 6.07) is 1.48. The molecular formula is C23H34O7. The molecular weight excluding hydrogens is 388 g/mol. The Hall–Kier alpha value is -2.44. The lowest BCUT2D eigenvalue weighted by Gasteiger charge is -2.19. The van der Waals surface area contributed by atoms with E-state index in [4.69, 9.17) is 0 Å². The van der Waals surface area contributed by atoms with Crippen molar-refractivity contribution in [3.63, 3.8) is 0 Å². The number of benzene rings is 1. The van der Waals surface area contributed by atoms with E-state index in [1.807, 2.05) is 0 Å². The number of rotatable bonds is 13. The number of hydrogen-bond acceptors (Lipinski definition) is 5. The van der Waals surface area contributed by atoms with Gasteiger partial charge >= 0.3 is 11.9 Å². The van der Waals surface area contributed by atoms with Crippen LogP contribution in [0.25, 0.3) is 0 Å². The largest absolute Gasteiger partial charge is 0.504 e. The van der Waals surface area contributed by atoms with Crippen LogP contribution in [-0.4, -0.2) is 37.5 Å². The molecule has 1 aromatic rings. The van der Waals surface area contributed by atoms with Crippen molar-refractivity contribution in [2.75, 3.05) is 0 Å². The van der Waals surface area contributed by atoms with Crippen LogP contribution < -0.4 is 0 Å². The van der Waals surface area contributed by atoms with E-state index >= 15 is 0 Å². The Morgan fingerprint density at radius 3 is 2.13 bits per heavy atom. The molecule has 0 unspecified atom stereocenters. The Balaban J connectivity index is 1.91. The van der Waals surface area contributed by atoms with Crippen LogP contribution in [-0.2, 0) is 22.4 Å². The standard InChI is InChI=1S/C23H34O7/c1-22(2,20(27)28)10-7-5-9-16-15(14-17(24)19(26)18(16)25)8-4-3-6-11-23(12-13-23)21(29)30/h14,24-26H,3-13H2,1-2H3,(H,27,28)(H,29,30). The lowest BCUT2D eigenvalue weighted by molar-refractivity contribution is -0.147. The van der Waals surface area contributed by atoms with Gasteiger partial charge in [-0.05, 0) is 76.8 Å². The molecule has 2 rings (SSSR count). The molecule has 0 heterocycles. The Kier molecular flexibility index (Phi) is 7.61. The molecule has 1 saturated carbocycles. The average Bonchev–Trinajstić information content (AvgIpc) is 3.46. The van der Waals surface area contributed by atoms with Gasteiger partial charge in [0.2, 0.25) is 5.75 Å². The molecule has 0 aliphatic heterocycles. The number of phenols is 3. The highest BCUT2D eigenvalue weighted by molar-refractivity contribution is 5.77. The first-order chi connectivity index (χ1) is 14.0.